The number of hydrogen-bond acceptors (Lipinski definition) is 3. The molecule has 4 heteroatoms. The van der Waals surface area contributed by atoms with Gasteiger partial charge in [-0.15, -0.1) is 0 Å². The van der Waals surface area contributed by atoms with E-state index in [0.29, 0.717) is 17.8 Å². The van der Waals surface area contributed by atoms with Gasteiger partial charge in [0, 0.05) is 19.3 Å². The first-order chi connectivity index (χ1) is 9.58. The topological polar surface area (TPSA) is 66.6 Å². The van der Waals surface area contributed by atoms with E-state index < -0.39 is 0 Å². The molecule has 3 N–H and O–H groups in total. The first-order valence-corrected chi connectivity index (χ1v) is 6.46. The second-order valence-corrected chi connectivity index (χ2v) is 4.73. The van der Waals surface area contributed by atoms with Crippen LogP contribution in [0, 0.1) is 0 Å². The summed E-state index contributed by atoms with van der Waals surface area (Å²) in [5.74, 6) is -0.145. The van der Waals surface area contributed by atoms with E-state index in [2.05, 4.69) is 0 Å². The largest absolute Gasteiger partial charge is 0.508 e. The van der Waals surface area contributed by atoms with Crippen LogP contribution in [0.2, 0.25) is 0 Å². The van der Waals surface area contributed by atoms with E-state index in [9.17, 15) is 9.90 Å². The minimum atomic E-state index is -0.186. The van der Waals surface area contributed by atoms with Crippen molar-refractivity contribution in [3.05, 3.63) is 59.7 Å². The van der Waals surface area contributed by atoms with Gasteiger partial charge in [-0.05, 0) is 30.2 Å². The van der Waals surface area contributed by atoms with Crippen molar-refractivity contribution in [3.8, 4) is 5.75 Å². The van der Waals surface area contributed by atoms with Gasteiger partial charge in [-0.3, -0.25) is 4.79 Å². The molecule has 0 saturated heterocycles. The normalized spacial score (nSPS) is 10.2. The first kappa shape index (κ1) is 13.9. The molecule has 0 radical (unpaired) electrons. The Bertz CT molecular complexity index is 597. The van der Waals surface area contributed by atoms with Gasteiger partial charge in [-0.2, -0.15) is 0 Å². The molecular formula is C16H18N2O2. The number of carbonyl (C=O) groups is 1. The standard InChI is InChI=1S/C16H18N2O2/c1-18(10-9-12-5-3-2-4-6-12)16(20)14-11-13(19)7-8-15(14)17/h2-8,11,19H,9-10,17H2,1H3. The van der Waals surface area contributed by atoms with Gasteiger partial charge >= 0.3 is 0 Å². The monoisotopic (exact) mass is 270 g/mol. The Morgan fingerprint density at radius 1 is 1.20 bits per heavy atom. The van der Waals surface area contributed by atoms with Crippen LogP contribution in [0.5, 0.6) is 5.75 Å². The van der Waals surface area contributed by atoms with Crippen LogP contribution in [0.4, 0.5) is 5.69 Å². The van der Waals surface area contributed by atoms with Crippen molar-refractivity contribution >= 4 is 11.6 Å². The molecule has 0 aliphatic heterocycles. The summed E-state index contributed by atoms with van der Waals surface area (Å²) in [6, 6.07) is 14.4. The lowest BCUT2D eigenvalue weighted by Crippen LogP contribution is -2.29. The molecule has 1 amide bonds. The number of likely N-dealkylation sites (N-methyl/N-ethyl adjacent to an activating group) is 1. The SMILES string of the molecule is CN(CCc1ccccc1)C(=O)c1cc(O)ccc1N. The van der Waals surface area contributed by atoms with E-state index in [1.165, 1.54) is 23.8 Å². The van der Waals surface area contributed by atoms with Crippen molar-refractivity contribution in [3.63, 3.8) is 0 Å². The average Bonchev–Trinajstić information content (AvgIpc) is 2.47. The summed E-state index contributed by atoms with van der Waals surface area (Å²) in [6.07, 6.45) is 0.780. The second-order valence-electron chi connectivity index (χ2n) is 4.73. The van der Waals surface area contributed by atoms with Crippen LogP contribution in [-0.4, -0.2) is 29.5 Å². The van der Waals surface area contributed by atoms with Crippen LogP contribution >= 0.6 is 0 Å². The van der Waals surface area contributed by atoms with Crippen molar-refractivity contribution in [2.75, 3.05) is 19.3 Å². The van der Waals surface area contributed by atoms with Crippen LogP contribution in [-0.2, 0) is 6.42 Å². The first-order valence-electron chi connectivity index (χ1n) is 6.46. The van der Waals surface area contributed by atoms with Crippen LogP contribution < -0.4 is 5.73 Å². The minimum Gasteiger partial charge on any atom is -0.508 e. The number of nitrogen functional groups attached to an aromatic ring is 1. The highest BCUT2D eigenvalue weighted by atomic mass is 16.3. The number of rotatable bonds is 4. The van der Waals surface area contributed by atoms with Crippen LogP contribution in [0.3, 0.4) is 0 Å². The summed E-state index contributed by atoms with van der Waals surface area (Å²) in [5, 5.41) is 9.45. The Kier molecular flexibility index (Phi) is 4.25. The van der Waals surface area contributed by atoms with Gasteiger partial charge in [0.05, 0.1) is 5.56 Å². The summed E-state index contributed by atoms with van der Waals surface area (Å²) >= 11 is 0. The third kappa shape index (κ3) is 3.29. The number of hydrogen-bond donors (Lipinski definition) is 2. The number of aromatic hydroxyl groups is 1. The number of benzene rings is 2. The van der Waals surface area contributed by atoms with Gasteiger partial charge in [0.2, 0.25) is 0 Å². The van der Waals surface area contributed by atoms with E-state index >= 15 is 0 Å². The summed E-state index contributed by atoms with van der Waals surface area (Å²) in [6.45, 7) is 0.595. The molecule has 2 aromatic carbocycles. The zero-order valence-electron chi connectivity index (χ0n) is 11.4. The lowest BCUT2D eigenvalue weighted by Gasteiger charge is -2.18. The van der Waals surface area contributed by atoms with Crippen LogP contribution in [0.25, 0.3) is 0 Å². The highest BCUT2D eigenvalue weighted by Gasteiger charge is 2.15. The van der Waals surface area contributed by atoms with E-state index in [1.54, 1.807) is 11.9 Å². The van der Waals surface area contributed by atoms with Crippen molar-refractivity contribution < 1.29 is 9.90 Å². The van der Waals surface area contributed by atoms with Crippen molar-refractivity contribution in [1.82, 2.24) is 4.90 Å². The van der Waals surface area contributed by atoms with Crippen LogP contribution in [0.1, 0.15) is 15.9 Å². The molecule has 0 aliphatic rings. The molecule has 4 nitrogen and oxygen atoms in total. The molecular weight excluding hydrogens is 252 g/mol. The summed E-state index contributed by atoms with van der Waals surface area (Å²) in [5.41, 5.74) is 7.66. The highest BCUT2D eigenvalue weighted by Crippen LogP contribution is 2.19. The molecule has 0 aliphatic carbocycles. The molecule has 0 fully saturated rings. The summed E-state index contributed by atoms with van der Waals surface area (Å²) in [7, 11) is 1.73. The molecule has 0 atom stereocenters. The van der Waals surface area contributed by atoms with Gasteiger partial charge in [-0.1, -0.05) is 30.3 Å². The van der Waals surface area contributed by atoms with Crippen molar-refractivity contribution in [2.24, 2.45) is 0 Å². The lowest BCUT2D eigenvalue weighted by atomic mass is 10.1. The Balaban J connectivity index is 2.03. The van der Waals surface area contributed by atoms with E-state index in [1.807, 2.05) is 30.3 Å². The summed E-state index contributed by atoms with van der Waals surface area (Å²) in [4.78, 5) is 13.9. The number of nitrogens with zero attached hydrogens (tertiary/aromatic N) is 1. The number of carbonyl (C=O) groups excluding carboxylic acids is 1. The van der Waals surface area contributed by atoms with Gasteiger partial charge in [-0.25, -0.2) is 0 Å². The third-order valence-electron chi connectivity index (χ3n) is 3.19. The molecule has 0 bridgehead atoms. The molecule has 2 rings (SSSR count). The fraction of sp³-hybridized carbons (Fsp3) is 0.188. The van der Waals surface area contributed by atoms with Crippen LogP contribution in [0.15, 0.2) is 48.5 Å². The van der Waals surface area contributed by atoms with Crippen molar-refractivity contribution in [1.29, 1.82) is 0 Å². The predicted molar refractivity (Wildman–Crippen MR) is 79.6 cm³/mol. The molecule has 0 spiro atoms. The predicted octanol–water partition coefficient (Wildman–Crippen LogP) is 2.29. The fourth-order valence-electron chi connectivity index (χ4n) is 1.98. The Hall–Kier alpha value is -2.49. The Morgan fingerprint density at radius 2 is 1.90 bits per heavy atom. The molecule has 0 saturated carbocycles. The van der Waals surface area contributed by atoms with Gasteiger partial charge < -0.3 is 15.7 Å². The lowest BCUT2D eigenvalue weighted by molar-refractivity contribution is 0.0797. The molecule has 2 aromatic rings. The zero-order chi connectivity index (χ0) is 14.5. The molecule has 104 valence electrons. The van der Waals surface area contributed by atoms with E-state index in [0.717, 1.165) is 6.42 Å². The van der Waals surface area contributed by atoms with Gasteiger partial charge in [0.25, 0.3) is 5.91 Å². The quantitative estimate of drug-likeness (QED) is 0.661. The highest BCUT2D eigenvalue weighted by molar-refractivity contribution is 5.99. The minimum absolute atomic E-state index is 0.0407. The maximum atomic E-state index is 12.3. The zero-order valence-corrected chi connectivity index (χ0v) is 11.4. The van der Waals surface area contributed by atoms with Gasteiger partial charge in [0.15, 0.2) is 0 Å². The summed E-state index contributed by atoms with van der Waals surface area (Å²) < 4.78 is 0. The van der Waals surface area contributed by atoms with E-state index in [4.69, 9.17) is 5.73 Å². The van der Waals surface area contributed by atoms with Gasteiger partial charge in [0.1, 0.15) is 5.75 Å². The maximum Gasteiger partial charge on any atom is 0.255 e. The van der Waals surface area contributed by atoms with E-state index in [-0.39, 0.29) is 11.7 Å². The molecule has 20 heavy (non-hydrogen) atoms. The Morgan fingerprint density at radius 3 is 2.60 bits per heavy atom. The average molecular weight is 270 g/mol. The second kappa shape index (κ2) is 6.10. The van der Waals surface area contributed by atoms with Crippen molar-refractivity contribution in [2.45, 2.75) is 6.42 Å². The fourth-order valence-corrected chi connectivity index (χ4v) is 1.98. The number of phenolic OH excluding ortho intramolecular Hbond substituents is 1. The number of phenols is 1. The smallest absolute Gasteiger partial charge is 0.255 e. The third-order valence-corrected chi connectivity index (χ3v) is 3.19. The number of nitrogens with two attached hydrogens (primary N) is 1. The molecule has 0 unspecified atom stereocenters. The molecule has 0 heterocycles. The Labute approximate surface area is 118 Å². The molecule has 0 aromatic heterocycles. The number of anilines is 1. The maximum absolute atomic E-state index is 12.3. The number of amides is 1.